The van der Waals surface area contributed by atoms with Crippen LogP contribution < -0.4 is 14.8 Å². The molecule has 2 aromatic carbocycles. The van der Waals surface area contributed by atoms with Crippen molar-refractivity contribution in [3.8, 4) is 5.75 Å². The molecule has 1 saturated carbocycles. The lowest BCUT2D eigenvalue weighted by Gasteiger charge is -2.23. The summed E-state index contributed by atoms with van der Waals surface area (Å²) >= 11 is 0. The van der Waals surface area contributed by atoms with Gasteiger partial charge < -0.3 is 15.2 Å². The molecule has 3 rings (SSSR count). The molecule has 1 aliphatic carbocycles. The normalized spacial score (nSPS) is 21.2. The van der Waals surface area contributed by atoms with E-state index in [-0.39, 0.29) is 21.9 Å². The number of ether oxygens (including phenoxy) is 1. The first-order valence-corrected chi connectivity index (χ1v) is 14.8. The minimum atomic E-state index is -4.16. The number of carbonyl (C=O) groups is 1. The van der Waals surface area contributed by atoms with Gasteiger partial charge in [0.25, 0.3) is 10.0 Å². The number of hydrogen-bond acceptors (Lipinski definition) is 8. The number of sulfone groups is 1. The molecule has 0 aromatic heterocycles. The molecule has 2 aromatic rings. The average molecular weight is 525 g/mol. The van der Waals surface area contributed by atoms with Gasteiger partial charge in [0.15, 0.2) is 9.84 Å². The number of aliphatic hydroxyl groups excluding tert-OH is 1. The van der Waals surface area contributed by atoms with E-state index in [2.05, 4.69) is 10.0 Å². The fraction of sp³-hybridized carbons (Fsp3) is 0.458. The first-order chi connectivity index (χ1) is 16.3. The maximum Gasteiger partial charge on any atom is 0.264 e. The molecule has 0 saturated heterocycles. The third-order valence-electron chi connectivity index (χ3n) is 5.83. The fourth-order valence-corrected chi connectivity index (χ4v) is 5.68. The molecule has 11 heteroatoms. The van der Waals surface area contributed by atoms with E-state index in [0.29, 0.717) is 31.4 Å². The fourth-order valence-electron chi connectivity index (χ4n) is 4.01. The summed E-state index contributed by atoms with van der Waals surface area (Å²) in [4.78, 5) is 12.6. The zero-order valence-electron chi connectivity index (χ0n) is 20.0. The van der Waals surface area contributed by atoms with Crippen LogP contribution in [-0.2, 0) is 24.7 Å². The van der Waals surface area contributed by atoms with E-state index in [1.165, 1.54) is 12.1 Å². The van der Waals surface area contributed by atoms with Gasteiger partial charge in [0.1, 0.15) is 5.75 Å². The van der Waals surface area contributed by atoms with Gasteiger partial charge in [0, 0.05) is 23.9 Å². The van der Waals surface area contributed by atoms with E-state index in [4.69, 9.17) is 4.74 Å². The van der Waals surface area contributed by atoms with Crippen LogP contribution in [0, 0.1) is 5.92 Å². The topological polar surface area (TPSA) is 139 Å². The number of aliphatic hydroxyl groups is 1. The molecule has 3 N–H and O–H groups in total. The molecular formula is C24H32N2O7S2. The van der Waals surface area contributed by atoms with Crippen molar-refractivity contribution in [1.29, 1.82) is 0 Å². The van der Waals surface area contributed by atoms with Gasteiger partial charge >= 0.3 is 0 Å². The Bertz CT molecular complexity index is 1240. The van der Waals surface area contributed by atoms with Crippen molar-refractivity contribution in [3.63, 3.8) is 0 Å². The molecule has 0 radical (unpaired) electrons. The second-order valence-electron chi connectivity index (χ2n) is 9.08. The Labute approximate surface area is 206 Å². The molecule has 35 heavy (non-hydrogen) atoms. The smallest absolute Gasteiger partial charge is 0.264 e. The highest BCUT2D eigenvalue weighted by Crippen LogP contribution is 2.28. The lowest BCUT2D eigenvalue weighted by molar-refractivity contribution is -0.123. The Morgan fingerprint density at radius 1 is 0.971 bits per heavy atom. The summed E-state index contributed by atoms with van der Waals surface area (Å²) in [5.41, 5.74) is 0.787. The molecule has 0 aliphatic heterocycles. The Morgan fingerprint density at radius 2 is 1.60 bits per heavy atom. The maximum absolute atomic E-state index is 12.8. The molecule has 9 nitrogen and oxygen atoms in total. The number of sulfonamides is 1. The van der Waals surface area contributed by atoms with Gasteiger partial charge in [-0.3, -0.25) is 4.79 Å². The van der Waals surface area contributed by atoms with Crippen LogP contribution in [0.5, 0.6) is 5.75 Å². The molecule has 1 amide bonds. The molecule has 0 unspecified atom stereocenters. The molecule has 1 aliphatic rings. The third-order valence-corrected chi connectivity index (χ3v) is 8.32. The first-order valence-electron chi connectivity index (χ1n) is 11.4. The summed E-state index contributed by atoms with van der Waals surface area (Å²) in [7, 11) is -7.63. The van der Waals surface area contributed by atoms with Crippen molar-refractivity contribution in [1.82, 2.24) is 4.72 Å². The summed E-state index contributed by atoms with van der Waals surface area (Å²) in [5, 5.41) is 13.9. The summed E-state index contributed by atoms with van der Waals surface area (Å²) < 4.78 is 56.3. The number of hydrogen-bond donors (Lipinski definition) is 3. The van der Waals surface area contributed by atoms with Crippen molar-refractivity contribution < 1.29 is 31.5 Å². The number of rotatable bonds is 8. The van der Waals surface area contributed by atoms with E-state index in [1.54, 1.807) is 0 Å². The zero-order chi connectivity index (χ0) is 25.8. The minimum Gasteiger partial charge on any atom is -0.491 e. The standard InChI is InChI=1S/C24H32N2O7S2/c1-16(2)33-19-6-4-5-18(15-19)25-22-13-7-17(8-14-23(22)27)24(28)26-35(31,32)21-11-9-20(10-12-21)34(3,29)30/h4-6,9-12,15-17,22-23,25,27H,7-8,13-14H2,1-3H3,(H,26,28)/t17-,22+,23+/m1/s1. The molecule has 0 heterocycles. The molecule has 3 atom stereocenters. The SMILES string of the molecule is CC(C)Oc1cccc(N[C@H]2CC[C@@H](C(=O)NS(=O)(=O)c3ccc(S(C)(=O)=O)cc3)CC[C@@H]2O)c1. The first kappa shape index (κ1) is 27.0. The van der Waals surface area contributed by atoms with E-state index in [0.717, 1.165) is 24.1 Å². The summed E-state index contributed by atoms with van der Waals surface area (Å²) in [6, 6.07) is 11.8. The summed E-state index contributed by atoms with van der Waals surface area (Å²) in [5.74, 6) is -0.519. The second-order valence-corrected chi connectivity index (χ2v) is 12.8. The van der Waals surface area contributed by atoms with Crippen LogP contribution in [-0.4, -0.2) is 52.4 Å². The van der Waals surface area contributed by atoms with Crippen LogP contribution in [0.15, 0.2) is 58.3 Å². The van der Waals surface area contributed by atoms with Crippen molar-refractivity contribution in [2.75, 3.05) is 11.6 Å². The number of amides is 1. The Morgan fingerprint density at radius 3 is 2.23 bits per heavy atom. The average Bonchev–Trinajstić information content (AvgIpc) is 2.94. The molecular weight excluding hydrogens is 492 g/mol. The molecule has 1 fully saturated rings. The zero-order valence-corrected chi connectivity index (χ0v) is 21.6. The van der Waals surface area contributed by atoms with Crippen LogP contribution in [0.25, 0.3) is 0 Å². The predicted molar refractivity (Wildman–Crippen MR) is 132 cm³/mol. The molecule has 0 bridgehead atoms. The van der Waals surface area contributed by atoms with Crippen molar-refractivity contribution in [2.24, 2.45) is 5.92 Å². The molecule has 0 spiro atoms. The number of nitrogens with one attached hydrogen (secondary N) is 2. The van der Waals surface area contributed by atoms with E-state index < -0.39 is 37.8 Å². The Kier molecular flexibility index (Phi) is 8.45. The monoisotopic (exact) mass is 524 g/mol. The Hall–Kier alpha value is -2.63. The van der Waals surface area contributed by atoms with Crippen LogP contribution in [0.4, 0.5) is 5.69 Å². The Balaban J connectivity index is 1.63. The van der Waals surface area contributed by atoms with E-state index in [9.17, 15) is 26.7 Å². The van der Waals surface area contributed by atoms with Gasteiger partial charge in [-0.05, 0) is 75.9 Å². The number of anilines is 1. The molecule has 192 valence electrons. The van der Waals surface area contributed by atoms with E-state index >= 15 is 0 Å². The quantitative estimate of drug-likeness (QED) is 0.448. The number of benzene rings is 2. The maximum atomic E-state index is 12.8. The lowest BCUT2D eigenvalue weighted by Crippen LogP contribution is -2.35. The van der Waals surface area contributed by atoms with Crippen LogP contribution in [0.1, 0.15) is 39.5 Å². The second kappa shape index (κ2) is 11.0. The van der Waals surface area contributed by atoms with Crippen molar-refractivity contribution in [2.45, 2.75) is 67.6 Å². The van der Waals surface area contributed by atoms with Crippen LogP contribution in [0.3, 0.4) is 0 Å². The summed E-state index contributed by atoms with van der Waals surface area (Å²) in [6.45, 7) is 3.87. The highest BCUT2D eigenvalue weighted by molar-refractivity contribution is 7.91. The van der Waals surface area contributed by atoms with Crippen molar-refractivity contribution in [3.05, 3.63) is 48.5 Å². The van der Waals surface area contributed by atoms with Gasteiger partial charge in [-0.1, -0.05) is 6.07 Å². The van der Waals surface area contributed by atoms with Gasteiger partial charge in [0.2, 0.25) is 5.91 Å². The highest BCUT2D eigenvalue weighted by Gasteiger charge is 2.31. The highest BCUT2D eigenvalue weighted by atomic mass is 32.2. The predicted octanol–water partition coefficient (Wildman–Crippen LogP) is 2.71. The van der Waals surface area contributed by atoms with Gasteiger partial charge in [0.05, 0.1) is 28.0 Å². The number of carbonyl (C=O) groups excluding carboxylic acids is 1. The van der Waals surface area contributed by atoms with E-state index in [1.807, 2.05) is 38.1 Å². The largest absolute Gasteiger partial charge is 0.491 e. The van der Waals surface area contributed by atoms with Crippen LogP contribution in [0.2, 0.25) is 0 Å². The lowest BCUT2D eigenvalue weighted by atomic mass is 10.00. The third kappa shape index (κ3) is 7.42. The van der Waals surface area contributed by atoms with Gasteiger partial charge in [-0.25, -0.2) is 21.6 Å². The summed E-state index contributed by atoms with van der Waals surface area (Å²) in [6.07, 6.45) is 1.88. The van der Waals surface area contributed by atoms with Gasteiger partial charge in [-0.15, -0.1) is 0 Å². The van der Waals surface area contributed by atoms with Crippen LogP contribution >= 0.6 is 0 Å². The van der Waals surface area contributed by atoms with Crippen molar-refractivity contribution >= 4 is 31.5 Å². The van der Waals surface area contributed by atoms with Gasteiger partial charge in [-0.2, -0.15) is 0 Å². The minimum absolute atomic E-state index is 0.0135.